The minimum Gasteiger partial charge on any atom is -0.338 e. The second-order valence-electron chi connectivity index (χ2n) is 5.70. The lowest BCUT2D eigenvalue weighted by Crippen LogP contribution is -2.33. The summed E-state index contributed by atoms with van der Waals surface area (Å²) in [5.74, 6) is -1.14. The molecular formula is C16H14Cl2FNO3S2. The van der Waals surface area contributed by atoms with Crippen LogP contribution in [0.15, 0.2) is 30.3 Å². The normalized spacial score (nSPS) is 20.3. The zero-order valence-corrected chi connectivity index (χ0v) is 16.1. The fourth-order valence-corrected chi connectivity index (χ4v) is 6.14. The molecule has 1 saturated heterocycles. The molecule has 0 radical (unpaired) electrons. The molecule has 4 nitrogen and oxygen atoms in total. The maximum atomic E-state index is 14.1. The summed E-state index contributed by atoms with van der Waals surface area (Å²) < 4.78 is 39.9. The molecule has 1 atom stereocenters. The molecule has 1 aromatic heterocycles. The van der Waals surface area contributed by atoms with Gasteiger partial charge in [0.2, 0.25) is 0 Å². The number of benzene rings is 1. The Labute approximate surface area is 159 Å². The minimum atomic E-state index is -3.58. The lowest BCUT2D eigenvalue weighted by Gasteiger charge is -2.19. The number of carbonyl (C=O) groups excluding carboxylic acids is 1. The highest BCUT2D eigenvalue weighted by atomic mass is 35.5. The van der Waals surface area contributed by atoms with Gasteiger partial charge in [0, 0.05) is 18.7 Å². The fraction of sp³-hybridized carbons (Fsp3) is 0.312. The highest BCUT2D eigenvalue weighted by Gasteiger charge is 2.34. The van der Waals surface area contributed by atoms with Crippen molar-refractivity contribution in [3.8, 4) is 0 Å². The first-order chi connectivity index (χ1) is 11.8. The number of carbonyl (C=O) groups is 1. The molecule has 0 N–H and O–H groups in total. The van der Waals surface area contributed by atoms with Crippen LogP contribution in [0.5, 0.6) is 0 Å². The van der Waals surface area contributed by atoms with Crippen LogP contribution in [0.2, 0.25) is 8.67 Å². The largest absolute Gasteiger partial charge is 0.338 e. The summed E-state index contributed by atoms with van der Waals surface area (Å²) in [6.07, 6.45) is 0.129. The van der Waals surface area contributed by atoms with Crippen LogP contribution in [0.25, 0.3) is 0 Å². The van der Waals surface area contributed by atoms with Gasteiger partial charge in [-0.1, -0.05) is 41.4 Å². The Morgan fingerprint density at radius 1 is 1.24 bits per heavy atom. The van der Waals surface area contributed by atoms with E-state index in [0.29, 0.717) is 4.34 Å². The average molecular weight is 422 g/mol. The van der Waals surface area contributed by atoms with Crippen LogP contribution < -0.4 is 0 Å². The van der Waals surface area contributed by atoms with E-state index in [2.05, 4.69) is 0 Å². The summed E-state index contributed by atoms with van der Waals surface area (Å²) in [4.78, 5) is 14.1. The van der Waals surface area contributed by atoms with Crippen LogP contribution in [0.1, 0.15) is 27.6 Å². The molecule has 9 heteroatoms. The van der Waals surface area contributed by atoms with Gasteiger partial charge in [-0.3, -0.25) is 4.79 Å². The Balaban J connectivity index is 1.87. The minimum absolute atomic E-state index is 0.0376. The van der Waals surface area contributed by atoms with Gasteiger partial charge in [0.25, 0.3) is 5.91 Å². The summed E-state index contributed by atoms with van der Waals surface area (Å²) in [5, 5.41) is -0.965. The second kappa shape index (κ2) is 7.23. The molecule has 134 valence electrons. The molecule has 1 aliphatic heterocycles. The van der Waals surface area contributed by atoms with Gasteiger partial charge >= 0.3 is 0 Å². The summed E-state index contributed by atoms with van der Waals surface area (Å²) in [6, 6.07) is 7.32. The van der Waals surface area contributed by atoms with Crippen LogP contribution in [-0.4, -0.2) is 38.1 Å². The monoisotopic (exact) mass is 421 g/mol. The average Bonchev–Trinajstić information content (AvgIpc) is 2.80. The Kier molecular flexibility index (Phi) is 5.39. The van der Waals surface area contributed by atoms with Gasteiger partial charge in [0.15, 0.2) is 9.84 Å². The molecule has 1 amide bonds. The van der Waals surface area contributed by atoms with Crippen LogP contribution >= 0.6 is 34.5 Å². The molecule has 1 aliphatic rings. The zero-order valence-electron chi connectivity index (χ0n) is 12.9. The molecule has 0 spiro atoms. The van der Waals surface area contributed by atoms with E-state index >= 15 is 0 Å². The van der Waals surface area contributed by atoms with Crippen LogP contribution in [-0.2, 0) is 9.84 Å². The molecule has 1 fully saturated rings. The first-order valence-corrected chi connectivity index (χ1v) is 10.8. The van der Waals surface area contributed by atoms with Crippen LogP contribution in [0.3, 0.4) is 0 Å². The number of sulfone groups is 1. The van der Waals surface area contributed by atoms with E-state index in [1.165, 1.54) is 29.2 Å². The fourth-order valence-electron chi connectivity index (χ4n) is 2.89. The van der Waals surface area contributed by atoms with E-state index in [9.17, 15) is 17.6 Å². The maximum Gasteiger partial charge on any atom is 0.256 e. The molecule has 0 unspecified atom stereocenters. The molecule has 2 aromatic rings. The maximum absolute atomic E-state index is 14.1. The van der Waals surface area contributed by atoms with Gasteiger partial charge < -0.3 is 4.90 Å². The van der Waals surface area contributed by atoms with E-state index < -0.39 is 20.9 Å². The first kappa shape index (κ1) is 18.6. The SMILES string of the molecule is O=C(c1cc(Cl)sc1Cl)N1CC[C@@H](c2ccccc2F)S(=O)(=O)CC1. The predicted molar refractivity (Wildman–Crippen MR) is 97.8 cm³/mol. The van der Waals surface area contributed by atoms with Crippen molar-refractivity contribution >= 4 is 50.3 Å². The number of hydrogen-bond donors (Lipinski definition) is 0. The Bertz CT molecular complexity index is 914. The molecule has 25 heavy (non-hydrogen) atoms. The quantitative estimate of drug-likeness (QED) is 0.729. The third kappa shape index (κ3) is 3.84. The number of hydrogen-bond acceptors (Lipinski definition) is 4. The standard InChI is InChI=1S/C16H14Cl2FNO3S2/c17-14-9-11(15(18)24-14)16(21)20-6-5-13(25(22,23)8-7-20)10-3-1-2-4-12(10)19/h1-4,9,13H,5-8H2/t13-/m0/s1. The second-order valence-corrected chi connectivity index (χ2v) is 10.3. The Morgan fingerprint density at radius 3 is 2.60 bits per heavy atom. The number of rotatable bonds is 2. The van der Waals surface area contributed by atoms with Gasteiger partial charge in [0.1, 0.15) is 10.2 Å². The summed E-state index contributed by atoms with van der Waals surface area (Å²) in [5.41, 5.74) is 0.409. The third-order valence-corrected chi connectivity index (χ3v) is 7.76. The summed E-state index contributed by atoms with van der Waals surface area (Å²) in [6.45, 7) is 0.233. The highest BCUT2D eigenvalue weighted by molar-refractivity contribution is 7.91. The van der Waals surface area contributed by atoms with Crippen molar-refractivity contribution in [1.29, 1.82) is 0 Å². The first-order valence-electron chi connectivity index (χ1n) is 7.49. The number of halogens is 3. The van der Waals surface area contributed by atoms with Gasteiger partial charge in [-0.25, -0.2) is 12.8 Å². The van der Waals surface area contributed by atoms with Crippen molar-refractivity contribution < 1.29 is 17.6 Å². The number of thiophene rings is 1. The van der Waals surface area contributed by atoms with Gasteiger partial charge in [-0.15, -0.1) is 11.3 Å². The summed E-state index contributed by atoms with van der Waals surface area (Å²) >= 11 is 13.0. The van der Waals surface area contributed by atoms with E-state index in [-0.39, 0.29) is 46.6 Å². The van der Waals surface area contributed by atoms with Crippen LogP contribution in [0, 0.1) is 5.82 Å². The molecule has 0 bridgehead atoms. The van der Waals surface area contributed by atoms with E-state index in [1.54, 1.807) is 6.07 Å². The molecule has 3 rings (SSSR count). The molecule has 0 aliphatic carbocycles. The lowest BCUT2D eigenvalue weighted by molar-refractivity contribution is 0.0767. The van der Waals surface area contributed by atoms with Crippen molar-refractivity contribution in [2.45, 2.75) is 11.7 Å². The molecule has 0 saturated carbocycles. The number of amides is 1. The summed E-state index contributed by atoms with van der Waals surface area (Å²) in [7, 11) is -3.58. The zero-order chi connectivity index (χ0) is 18.2. The highest BCUT2D eigenvalue weighted by Crippen LogP contribution is 2.34. The smallest absolute Gasteiger partial charge is 0.256 e. The van der Waals surface area contributed by atoms with E-state index in [1.807, 2.05) is 0 Å². The van der Waals surface area contributed by atoms with E-state index in [0.717, 1.165) is 11.3 Å². The van der Waals surface area contributed by atoms with Gasteiger partial charge in [0.05, 0.1) is 20.9 Å². The third-order valence-electron chi connectivity index (χ3n) is 4.17. The van der Waals surface area contributed by atoms with Gasteiger partial charge in [-0.05, 0) is 18.6 Å². The van der Waals surface area contributed by atoms with Crippen molar-refractivity contribution in [3.05, 3.63) is 55.9 Å². The Hall–Kier alpha value is -1.15. The van der Waals surface area contributed by atoms with Crippen molar-refractivity contribution in [2.75, 3.05) is 18.8 Å². The molecule has 2 heterocycles. The number of nitrogens with zero attached hydrogens (tertiary/aromatic N) is 1. The van der Waals surface area contributed by atoms with Crippen molar-refractivity contribution in [1.82, 2.24) is 4.90 Å². The topological polar surface area (TPSA) is 54.5 Å². The predicted octanol–water partition coefficient (Wildman–Crippen LogP) is 4.20. The van der Waals surface area contributed by atoms with E-state index in [4.69, 9.17) is 23.2 Å². The van der Waals surface area contributed by atoms with Gasteiger partial charge in [-0.2, -0.15) is 0 Å². The van der Waals surface area contributed by atoms with Crippen LogP contribution in [0.4, 0.5) is 4.39 Å². The Morgan fingerprint density at radius 2 is 1.96 bits per heavy atom. The van der Waals surface area contributed by atoms with Crippen molar-refractivity contribution in [3.63, 3.8) is 0 Å². The van der Waals surface area contributed by atoms with Crippen molar-refractivity contribution in [2.24, 2.45) is 0 Å². The molecule has 1 aromatic carbocycles. The molecular weight excluding hydrogens is 408 g/mol. The lowest BCUT2D eigenvalue weighted by atomic mass is 10.1.